The van der Waals surface area contributed by atoms with Crippen molar-refractivity contribution in [1.82, 2.24) is 35.4 Å². The molecule has 1 unspecified atom stereocenters. The van der Waals surface area contributed by atoms with Crippen molar-refractivity contribution in [3.63, 3.8) is 0 Å². The topological polar surface area (TPSA) is 181 Å². The van der Waals surface area contributed by atoms with Crippen LogP contribution in [0.2, 0.25) is 0 Å². The number of aromatic nitrogens is 3. The molecule has 7 heterocycles. The minimum Gasteiger partial charge on any atom is -0.368 e. The van der Waals surface area contributed by atoms with E-state index in [1.807, 2.05) is 36.2 Å². The highest BCUT2D eigenvalue weighted by atomic mass is 16.2. The van der Waals surface area contributed by atoms with Crippen molar-refractivity contribution in [2.45, 2.75) is 44.8 Å². The second-order valence-electron chi connectivity index (χ2n) is 13.6. The van der Waals surface area contributed by atoms with E-state index < -0.39 is 29.7 Å². The van der Waals surface area contributed by atoms with Gasteiger partial charge in [-0.3, -0.25) is 48.9 Å². The van der Waals surface area contributed by atoms with E-state index in [2.05, 4.69) is 35.4 Å². The maximum absolute atomic E-state index is 13.5. The molecular weight excluding hydrogens is 666 g/mol. The van der Waals surface area contributed by atoms with Crippen molar-refractivity contribution in [3.8, 4) is 0 Å². The van der Waals surface area contributed by atoms with E-state index in [0.717, 1.165) is 65.5 Å². The molecule has 15 nitrogen and oxygen atoms in total. The van der Waals surface area contributed by atoms with Gasteiger partial charge in [-0.15, -0.1) is 0 Å². The third-order valence-corrected chi connectivity index (χ3v) is 10.3. The number of amides is 5. The van der Waals surface area contributed by atoms with Crippen molar-refractivity contribution in [3.05, 3.63) is 93.2 Å². The first-order chi connectivity index (χ1) is 25.2. The number of nitrogens with one attached hydrogen (secondary N) is 3. The van der Waals surface area contributed by atoms with Crippen LogP contribution in [0.25, 0.3) is 11.0 Å². The number of piperidine rings is 1. The fourth-order valence-corrected chi connectivity index (χ4v) is 7.43. The average molecular weight is 704 g/mol. The number of pyridine rings is 3. The average Bonchev–Trinajstić information content (AvgIpc) is 3.38. The number of benzene rings is 1. The number of rotatable bonds is 8. The number of hydrogen-bond acceptors (Lipinski definition) is 11. The molecule has 3 fully saturated rings. The fourth-order valence-electron chi connectivity index (χ4n) is 7.43. The Morgan fingerprint density at radius 2 is 1.73 bits per heavy atom. The van der Waals surface area contributed by atoms with Crippen LogP contribution >= 0.6 is 0 Å². The molecule has 0 spiro atoms. The molecule has 3 saturated heterocycles. The lowest BCUT2D eigenvalue weighted by Crippen LogP contribution is -2.60. The van der Waals surface area contributed by atoms with Crippen LogP contribution in [-0.2, 0) is 22.6 Å². The molecule has 5 amide bonds. The quantitative estimate of drug-likeness (QED) is 0.225. The van der Waals surface area contributed by atoms with E-state index in [1.165, 1.54) is 0 Å². The predicted molar refractivity (Wildman–Crippen MR) is 190 cm³/mol. The Bertz CT molecular complexity index is 2190. The number of nitrogens with zero attached hydrogens (tertiary/aromatic N) is 6. The largest absolute Gasteiger partial charge is 0.368 e. The summed E-state index contributed by atoms with van der Waals surface area (Å²) in [6.45, 7) is 6.80. The van der Waals surface area contributed by atoms with Gasteiger partial charge in [0.25, 0.3) is 23.3 Å². The number of fused-ring (bicyclic) bond motifs is 2. The molecular formula is C37H37N9O6. The Labute approximate surface area is 298 Å². The molecule has 1 aromatic carbocycles. The van der Waals surface area contributed by atoms with Crippen molar-refractivity contribution >= 4 is 51.9 Å². The number of hydrogen-bond donors (Lipinski definition) is 3. The van der Waals surface area contributed by atoms with Crippen LogP contribution in [0.1, 0.15) is 62.1 Å². The van der Waals surface area contributed by atoms with E-state index in [1.54, 1.807) is 30.5 Å². The van der Waals surface area contributed by atoms with Gasteiger partial charge in [0.2, 0.25) is 11.8 Å². The maximum atomic E-state index is 13.5. The molecule has 0 aliphatic carbocycles. The number of piperazine rings is 1. The molecule has 52 heavy (non-hydrogen) atoms. The normalized spacial score (nSPS) is 19.6. The summed E-state index contributed by atoms with van der Waals surface area (Å²) in [6, 6.07) is 11.3. The van der Waals surface area contributed by atoms with E-state index in [9.17, 15) is 28.8 Å². The van der Waals surface area contributed by atoms with Gasteiger partial charge < -0.3 is 20.1 Å². The van der Waals surface area contributed by atoms with Gasteiger partial charge in [0, 0.05) is 64.0 Å². The SMILES string of the molecule is CCc1cc2ncc(CN3CCN(c4ccc(C(=O)NC5CN(c6cccc7c6C(=O)N(C6CCC(=O)NC6=O)C7=O)C5)nc4)CC3)cc2[nH]c1=O. The lowest BCUT2D eigenvalue weighted by molar-refractivity contribution is -0.136. The number of carbonyl (C=O) groups excluding carboxylic acids is 5. The molecule has 0 bridgehead atoms. The van der Waals surface area contributed by atoms with Crippen molar-refractivity contribution < 1.29 is 24.0 Å². The van der Waals surface area contributed by atoms with Gasteiger partial charge in [-0.05, 0) is 54.8 Å². The molecule has 4 aliphatic heterocycles. The Hall–Kier alpha value is -5.96. The van der Waals surface area contributed by atoms with Gasteiger partial charge in [0.15, 0.2) is 0 Å². The highest BCUT2D eigenvalue weighted by Crippen LogP contribution is 2.36. The molecule has 4 aromatic rings. The second kappa shape index (κ2) is 13.3. The first-order valence-electron chi connectivity index (χ1n) is 17.5. The summed E-state index contributed by atoms with van der Waals surface area (Å²) in [5.74, 6) is -2.49. The summed E-state index contributed by atoms with van der Waals surface area (Å²) in [5.41, 5.74) is 5.49. The Balaban J connectivity index is 0.833. The van der Waals surface area contributed by atoms with Gasteiger partial charge in [0.05, 0.1) is 45.8 Å². The molecule has 3 aromatic heterocycles. The molecule has 15 heteroatoms. The predicted octanol–water partition coefficient (Wildman–Crippen LogP) is 1.22. The van der Waals surface area contributed by atoms with Crippen LogP contribution in [0.15, 0.2) is 59.7 Å². The van der Waals surface area contributed by atoms with E-state index in [-0.39, 0.29) is 41.5 Å². The number of imide groups is 2. The van der Waals surface area contributed by atoms with Crippen molar-refractivity contribution in [2.24, 2.45) is 0 Å². The molecule has 266 valence electrons. The number of aryl methyl sites for hydroxylation is 1. The maximum Gasteiger partial charge on any atom is 0.270 e. The standard InChI is InChI=1S/C37H37N9O6/c1-2-22-15-27-28(41-33(22)48)14-21(16-38-27)18-43-10-12-44(13-11-43)24-6-7-26(39-17-24)34(49)40-23-19-45(20-23)29-5-3-4-25-32(29)37(52)46(36(25)51)30-8-9-31(47)42-35(30)50/h3-7,14-17,23,30H,2,8-13,18-20H2,1H3,(H,40,49)(H,41,48)(H,42,47,50). The van der Waals surface area contributed by atoms with E-state index >= 15 is 0 Å². The van der Waals surface area contributed by atoms with Crippen molar-refractivity contribution in [2.75, 3.05) is 49.1 Å². The van der Waals surface area contributed by atoms with Crippen molar-refractivity contribution in [1.29, 1.82) is 0 Å². The summed E-state index contributed by atoms with van der Waals surface area (Å²) in [7, 11) is 0. The lowest BCUT2D eigenvalue weighted by atomic mass is 10.0. The second-order valence-corrected chi connectivity index (χ2v) is 13.6. The smallest absolute Gasteiger partial charge is 0.270 e. The summed E-state index contributed by atoms with van der Waals surface area (Å²) < 4.78 is 0. The molecule has 0 saturated carbocycles. The Morgan fingerprint density at radius 1 is 0.923 bits per heavy atom. The zero-order valence-electron chi connectivity index (χ0n) is 28.6. The zero-order chi connectivity index (χ0) is 36.1. The Morgan fingerprint density at radius 3 is 2.46 bits per heavy atom. The Kier molecular flexibility index (Phi) is 8.49. The van der Waals surface area contributed by atoms with Gasteiger partial charge >= 0.3 is 0 Å². The summed E-state index contributed by atoms with van der Waals surface area (Å²) in [5, 5.41) is 5.22. The van der Waals surface area contributed by atoms with Crippen LogP contribution in [0, 0.1) is 0 Å². The van der Waals surface area contributed by atoms with Crippen LogP contribution in [-0.4, -0.2) is 106 Å². The third-order valence-electron chi connectivity index (χ3n) is 10.3. The van der Waals surface area contributed by atoms with Crippen LogP contribution < -0.4 is 26.0 Å². The minimum absolute atomic E-state index is 0.0519. The van der Waals surface area contributed by atoms with Crippen LogP contribution in [0.3, 0.4) is 0 Å². The molecule has 3 N–H and O–H groups in total. The molecule has 4 aliphatic rings. The van der Waals surface area contributed by atoms with E-state index in [0.29, 0.717) is 30.9 Å². The fraction of sp³-hybridized carbons (Fsp3) is 0.351. The monoisotopic (exact) mass is 703 g/mol. The lowest BCUT2D eigenvalue weighted by Gasteiger charge is -2.41. The van der Waals surface area contributed by atoms with E-state index in [4.69, 9.17) is 0 Å². The number of carbonyl (C=O) groups is 5. The highest BCUT2D eigenvalue weighted by Gasteiger charge is 2.47. The minimum atomic E-state index is -1.03. The number of H-pyrrole nitrogens is 1. The van der Waals surface area contributed by atoms with Gasteiger partial charge in [0.1, 0.15) is 11.7 Å². The zero-order valence-corrected chi connectivity index (χ0v) is 28.6. The van der Waals surface area contributed by atoms with Gasteiger partial charge in [-0.2, -0.15) is 0 Å². The summed E-state index contributed by atoms with van der Waals surface area (Å²) in [6.07, 6.45) is 4.39. The third kappa shape index (κ3) is 6.06. The van der Waals surface area contributed by atoms with Crippen LogP contribution in [0.4, 0.5) is 11.4 Å². The first kappa shape index (κ1) is 33.2. The molecule has 8 rings (SSSR count). The number of anilines is 2. The number of aromatic amines is 1. The first-order valence-corrected chi connectivity index (χ1v) is 17.5. The van der Waals surface area contributed by atoms with Gasteiger partial charge in [-0.1, -0.05) is 13.0 Å². The van der Waals surface area contributed by atoms with Crippen LogP contribution in [0.5, 0.6) is 0 Å². The molecule has 0 radical (unpaired) electrons. The van der Waals surface area contributed by atoms with Gasteiger partial charge in [-0.25, -0.2) is 4.98 Å². The highest BCUT2D eigenvalue weighted by molar-refractivity contribution is 6.25. The summed E-state index contributed by atoms with van der Waals surface area (Å²) in [4.78, 5) is 95.5. The summed E-state index contributed by atoms with van der Waals surface area (Å²) >= 11 is 0. The molecule has 1 atom stereocenters.